The molecule has 0 aromatic heterocycles. The first-order valence-corrected chi connectivity index (χ1v) is 6.56. The second-order valence-corrected chi connectivity index (χ2v) is 4.97. The molecule has 0 aliphatic heterocycles. The molecule has 0 saturated heterocycles. The Balaban J connectivity index is 3.68. The maximum atomic E-state index is 11.5. The van der Waals surface area contributed by atoms with E-state index in [2.05, 4.69) is 26.1 Å². The molecular weight excluding hydrogens is 200 g/mol. The summed E-state index contributed by atoms with van der Waals surface area (Å²) in [5.41, 5.74) is 5.55. The van der Waals surface area contributed by atoms with Gasteiger partial charge in [-0.25, -0.2) is 0 Å². The van der Waals surface area contributed by atoms with Crippen molar-refractivity contribution in [2.75, 3.05) is 13.1 Å². The van der Waals surface area contributed by atoms with Gasteiger partial charge in [0.25, 0.3) is 0 Å². The number of amides is 1. The van der Waals surface area contributed by atoms with Gasteiger partial charge in [-0.1, -0.05) is 27.2 Å². The molecular formula is C13H28N2O. The van der Waals surface area contributed by atoms with Crippen LogP contribution < -0.4 is 11.1 Å². The van der Waals surface area contributed by atoms with Crippen LogP contribution in [0.3, 0.4) is 0 Å². The minimum absolute atomic E-state index is 0.187. The van der Waals surface area contributed by atoms with Gasteiger partial charge in [0.1, 0.15) is 0 Å². The highest BCUT2D eigenvalue weighted by Crippen LogP contribution is 2.09. The van der Waals surface area contributed by atoms with Crippen LogP contribution in [0.4, 0.5) is 0 Å². The predicted octanol–water partition coefficient (Wildman–Crippen LogP) is 2.30. The Morgan fingerprint density at radius 1 is 1.25 bits per heavy atom. The standard InChI is InChI=1S/C13H28N2O/c1-4-5-12(8-9-14)10-15-13(16)7-6-11(2)3/h11-12H,4-10,14H2,1-3H3,(H,15,16). The third-order valence-corrected chi connectivity index (χ3v) is 2.81. The summed E-state index contributed by atoms with van der Waals surface area (Å²) in [6, 6.07) is 0. The number of nitrogens with two attached hydrogens (primary N) is 1. The van der Waals surface area contributed by atoms with E-state index in [9.17, 15) is 4.79 Å². The molecule has 3 heteroatoms. The van der Waals surface area contributed by atoms with Crippen LogP contribution in [0.1, 0.15) is 52.9 Å². The van der Waals surface area contributed by atoms with Gasteiger partial charge in [0, 0.05) is 13.0 Å². The molecule has 1 atom stereocenters. The molecule has 0 aromatic carbocycles. The lowest BCUT2D eigenvalue weighted by Gasteiger charge is -2.16. The van der Waals surface area contributed by atoms with Gasteiger partial charge in [0.05, 0.1) is 0 Å². The Labute approximate surface area is 100 Å². The van der Waals surface area contributed by atoms with Crippen molar-refractivity contribution in [3.05, 3.63) is 0 Å². The Bertz CT molecular complexity index is 175. The molecule has 0 heterocycles. The van der Waals surface area contributed by atoms with Gasteiger partial charge in [-0.3, -0.25) is 4.79 Å². The molecule has 3 N–H and O–H groups in total. The molecule has 1 amide bonds. The second kappa shape index (κ2) is 9.64. The number of carbonyl (C=O) groups is 1. The molecule has 0 bridgehead atoms. The van der Waals surface area contributed by atoms with E-state index >= 15 is 0 Å². The third-order valence-electron chi connectivity index (χ3n) is 2.81. The summed E-state index contributed by atoms with van der Waals surface area (Å²) in [6.45, 7) is 7.96. The number of hydrogen-bond acceptors (Lipinski definition) is 2. The summed E-state index contributed by atoms with van der Waals surface area (Å²) >= 11 is 0. The lowest BCUT2D eigenvalue weighted by atomic mass is 9.99. The van der Waals surface area contributed by atoms with Gasteiger partial charge in [-0.05, 0) is 37.6 Å². The van der Waals surface area contributed by atoms with Crippen LogP contribution in [0, 0.1) is 11.8 Å². The summed E-state index contributed by atoms with van der Waals surface area (Å²) in [5, 5.41) is 3.01. The van der Waals surface area contributed by atoms with Crippen molar-refractivity contribution in [2.45, 2.75) is 52.9 Å². The van der Waals surface area contributed by atoms with E-state index in [1.165, 1.54) is 0 Å². The van der Waals surface area contributed by atoms with Gasteiger partial charge in [-0.15, -0.1) is 0 Å². The van der Waals surface area contributed by atoms with Crippen LogP contribution in [0.15, 0.2) is 0 Å². The van der Waals surface area contributed by atoms with Crippen molar-refractivity contribution in [2.24, 2.45) is 17.6 Å². The van der Waals surface area contributed by atoms with Crippen LogP contribution in [-0.4, -0.2) is 19.0 Å². The highest BCUT2D eigenvalue weighted by atomic mass is 16.1. The molecule has 0 aromatic rings. The number of hydrogen-bond donors (Lipinski definition) is 2. The van der Waals surface area contributed by atoms with Crippen molar-refractivity contribution in [3.8, 4) is 0 Å². The van der Waals surface area contributed by atoms with Gasteiger partial charge in [0.2, 0.25) is 5.91 Å². The summed E-state index contributed by atoms with van der Waals surface area (Å²) in [4.78, 5) is 11.5. The molecule has 0 radical (unpaired) electrons. The Kier molecular flexibility index (Phi) is 9.30. The monoisotopic (exact) mass is 228 g/mol. The minimum Gasteiger partial charge on any atom is -0.356 e. The second-order valence-electron chi connectivity index (χ2n) is 4.97. The number of rotatable bonds is 9. The fourth-order valence-electron chi connectivity index (χ4n) is 1.76. The van der Waals surface area contributed by atoms with Crippen molar-refractivity contribution in [1.82, 2.24) is 5.32 Å². The fraction of sp³-hybridized carbons (Fsp3) is 0.923. The van der Waals surface area contributed by atoms with E-state index < -0.39 is 0 Å². The van der Waals surface area contributed by atoms with Crippen LogP contribution in [0.5, 0.6) is 0 Å². The zero-order valence-electron chi connectivity index (χ0n) is 11.1. The zero-order chi connectivity index (χ0) is 12.4. The molecule has 3 nitrogen and oxygen atoms in total. The molecule has 0 spiro atoms. The lowest BCUT2D eigenvalue weighted by Crippen LogP contribution is -2.30. The number of carbonyl (C=O) groups excluding carboxylic acids is 1. The van der Waals surface area contributed by atoms with Gasteiger partial charge in [-0.2, -0.15) is 0 Å². The van der Waals surface area contributed by atoms with E-state index in [1.54, 1.807) is 0 Å². The van der Waals surface area contributed by atoms with E-state index in [0.717, 1.165) is 32.2 Å². The minimum atomic E-state index is 0.187. The van der Waals surface area contributed by atoms with Crippen LogP contribution in [0.25, 0.3) is 0 Å². The van der Waals surface area contributed by atoms with Crippen LogP contribution in [-0.2, 0) is 4.79 Å². The van der Waals surface area contributed by atoms with Gasteiger partial charge in [0.15, 0.2) is 0 Å². The van der Waals surface area contributed by atoms with Crippen LogP contribution in [0.2, 0.25) is 0 Å². The topological polar surface area (TPSA) is 55.1 Å². The van der Waals surface area contributed by atoms with Gasteiger partial charge < -0.3 is 11.1 Å². The zero-order valence-corrected chi connectivity index (χ0v) is 11.1. The molecule has 16 heavy (non-hydrogen) atoms. The molecule has 0 rings (SSSR count). The fourth-order valence-corrected chi connectivity index (χ4v) is 1.76. The summed E-state index contributed by atoms with van der Waals surface area (Å²) in [6.07, 6.45) is 4.95. The molecule has 0 saturated carbocycles. The van der Waals surface area contributed by atoms with Crippen molar-refractivity contribution < 1.29 is 4.79 Å². The van der Waals surface area contributed by atoms with Crippen molar-refractivity contribution >= 4 is 5.91 Å². The molecule has 96 valence electrons. The maximum Gasteiger partial charge on any atom is 0.220 e. The first-order valence-electron chi connectivity index (χ1n) is 6.56. The average Bonchev–Trinajstić information content (AvgIpc) is 2.23. The third kappa shape index (κ3) is 8.72. The molecule has 0 fully saturated rings. The summed E-state index contributed by atoms with van der Waals surface area (Å²) in [7, 11) is 0. The Morgan fingerprint density at radius 2 is 1.94 bits per heavy atom. The number of nitrogens with one attached hydrogen (secondary N) is 1. The smallest absolute Gasteiger partial charge is 0.220 e. The summed E-state index contributed by atoms with van der Waals surface area (Å²) in [5.74, 6) is 1.34. The molecule has 1 unspecified atom stereocenters. The molecule has 0 aliphatic rings. The largest absolute Gasteiger partial charge is 0.356 e. The highest BCUT2D eigenvalue weighted by Gasteiger charge is 2.09. The highest BCUT2D eigenvalue weighted by molar-refractivity contribution is 5.75. The summed E-state index contributed by atoms with van der Waals surface area (Å²) < 4.78 is 0. The first-order chi connectivity index (χ1) is 7.60. The van der Waals surface area contributed by atoms with E-state index in [0.29, 0.717) is 24.8 Å². The molecule has 0 aliphatic carbocycles. The maximum absolute atomic E-state index is 11.5. The average molecular weight is 228 g/mol. The van der Waals surface area contributed by atoms with Gasteiger partial charge >= 0.3 is 0 Å². The quantitative estimate of drug-likeness (QED) is 0.636. The first kappa shape index (κ1) is 15.4. The predicted molar refractivity (Wildman–Crippen MR) is 69.2 cm³/mol. The van der Waals surface area contributed by atoms with Crippen LogP contribution >= 0.6 is 0 Å². The normalized spacial score (nSPS) is 12.8. The van der Waals surface area contributed by atoms with Crippen molar-refractivity contribution in [1.29, 1.82) is 0 Å². The van der Waals surface area contributed by atoms with E-state index in [-0.39, 0.29) is 5.91 Å². The lowest BCUT2D eigenvalue weighted by molar-refractivity contribution is -0.121. The van der Waals surface area contributed by atoms with E-state index in [4.69, 9.17) is 5.73 Å². The Morgan fingerprint density at radius 3 is 2.44 bits per heavy atom. The van der Waals surface area contributed by atoms with E-state index in [1.807, 2.05) is 0 Å². The van der Waals surface area contributed by atoms with Crippen molar-refractivity contribution in [3.63, 3.8) is 0 Å². The Hall–Kier alpha value is -0.570. The SMILES string of the molecule is CCCC(CCN)CNC(=O)CCC(C)C.